The van der Waals surface area contributed by atoms with Gasteiger partial charge < -0.3 is 23.7 Å². The number of rotatable bonds is 8. The van der Waals surface area contributed by atoms with E-state index in [1.165, 1.54) is 6.26 Å². The third-order valence-corrected chi connectivity index (χ3v) is 2.41. The number of hydrogen-bond acceptors (Lipinski definition) is 8. The molecule has 2 atom stereocenters. The van der Waals surface area contributed by atoms with Crippen molar-refractivity contribution in [1.82, 2.24) is 15.0 Å². The molecule has 2 aliphatic rings. The molecule has 1 aromatic rings. The number of epoxide rings is 2. The van der Waals surface area contributed by atoms with Gasteiger partial charge in [-0.2, -0.15) is 9.97 Å². The molecule has 0 spiro atoms. The van der Waals surface area contributed by atoms with Crippen molar-refractivity contribution in [3.05, 3.63) is 18.7 Å². The second kappa shape index (κ2) is 5.37. The lowest BCUT2D eigenvalue weighted by molar-refractivity contribution is 0.0707. The van der Waals surface area contributed by atoms with Crippen LogP contribution >= 0.6 is 0 Å². The maximum absolute atomic E-state index is 5.41. The van der Waals surface area contributed by atoms with Crippen molar-refractivity contribution >= 4 is 0 Å². The monoisotopic (exact) mass is 267 g/mol. The van der Waals surface area contributed by atoms with Gasteiger partial charge in [0.2, 0.25) is 6.79 Å². The van der Waals surface area contributed by atoms with Crippen LogP contribution in [0.25, 0.3) is 0 Å². The van der Waals surface area contributed by atoms with Crippen LogP contribution in [0.3, 0.4) is 0 Å². The summed E-state index contributed by atoms with van der Waals surface area (Å²) >= 11 is 0. The summed E-state index contributed by atoms with van der Waals surface area (Å²) < 4.78 is 25.6. The first-order chi connectivity index (χ1) is 9.35. The van der Waals surface area contributed by atoms with Crippen LogP contribution < -0.4 is 9.47 Å². The molecule has 0 N–H and O–H groups in total. The van der Waals surface area contributed by atoms with Crippen LogP contribution in [0.15, 0.2) is 12.8 Å². The predicted octanol–water partition coefficient (Wildman–Crippen LogP) is 0.217. The van der Waals surface area contributed by atoms with Gasteiger partial charge in [-0.05, 0) is 0 Å². The van der Waals surface area contributed by atoms with E-state index in [4.69, 9.17) is 23.7 Å². The molecule has 102 valence electrons. The highest BCUT2D eigenvalue weighted by atomic mass is 16.7. The maximum atomic E-state index is 5.41. The third kappa shape index (κ3) is 3.52. The van der Waals surface area contributed by atoms with E-state index in [1.54, 1.807) is 0 Å². The Kier molecular flexibility index (Phi) is 3.43. The first kappa shape index (κ1) is 12.1. The largest absolute Gasteiger partial charge is 0.466 e. The molecule has 1 aromatic heterocycles. The fraction of sp³-hybridized carbons (Fsp3) is 0.545. The van der Waals surface area contributed by atoms with Crippen LogP contribution in [0.4, 0.5) is 0 Å². The zero-order valence-corrected chi connectivity index (χ0v) is 10.2. The molecule has 8 nitrogen and oxygen atoms in total. The average Bonchev–Trinajstić information content (AvgIpc) is 3.30. The summed E-state index contributed by atoms with van der Waals surface area (Å²) in [6, 6.07) is 0.332. The molecule has 2 aliphatic heterocycles. The predicted molar refractivity (Wildman–Crippen MR) is 60.5 cm³/mol. The standard InChI is InChI=1S/C11H13N3O5/c1-2-15-6-19-11-13-9(8-5-17-8)12-10(14-11)18-4-7-3-16-7/h2,7-8H,1,3-6H2. The van der Waals surface area contributed by atoms with Crippen molar-refractivity contribution in [2.45, 2.75) is 12.2 Å². The molecular weight excluding hydrogens is 254 g/mol. The SMILES string of the molecule is C=COCOc1nc(OCC2CO2)nc(C2CO2)n1. The second-order valence-corrected chi connectivity index (χ2v) is 3.94. The van der Waals surface area contributed by atoms with Gasteiger partial charge in [0.25, 0.3) is 0 Å². The van der Waals surface area contributed by atoms with E-state index in [-0.39, 0.29) is 31.0 Å². The quantitative estimate of drug-likeness (QED) is 0.286. The highest BCUT2D eigenvalue weighted by Crippen LogP contribution is 2.28. The van der Waals surface area contributed by atoms with Crippen LogP contribution in [-0.2, 0) is 14.2 Å². The lowest BCUT2D eigenvalue weighted by Gasteiger charge is -2.07. The molecule has 0 amide bonds. The first-order valence-electron chi connectivity index (χ1n) is 5.82. The molecule has 19 heavy (non-hydrogen) atoms. The van der Waals surface area contributed by atoms with E-state index in [0.29, 0.717) is 25.6 Å². The zero-order chi connectivity index (χ0) is 13.1. The van der Waals surface area contributed by atoms with Crippen molar-refractivity contribution in [3.8, 4) is 12.0 Å². The minimum absolute atomic E-state index is 0.0242. The van der Waals surface area contributed by atoms with Gasteiger partial charge in [-0.25, -0.2) is 0 Å². The molecule has 2 saturated heterocycles. The van der Waals surface area contributed by atoms with Crippen LogP contribution in [0.5, 0.6) is 12.0 Å². The summed E-state index contributed by atoms with van der Waals surface area (Å²) in [6.07, 6.45) is 1.30. The molecular formula is C11H13N3O5. The Balaban J connectivity index is 1.67. The van der Waals surface area contributed by atoms with Crippen molar-refractivity contribution in [1.29, 1.82) is 0 Å². The van der Waals surface area contributed by atoms with E-state index < -0.39 is 0 Å². The van der Waals surface area contributed by atoms with Gasteiger partial charge in [0.15, 0.2) is 5.82 Å². The number of aromatic nitrogens is 3. The normalized spacial score (nSPS) is 23.6. The fourth-order valence-electron chi connectivity index (χ4n) is 1.29. The summed E-state index contributed by atoms with van der Waals surface area (Å²) in [6.45, 7) is 5.10. The lowest BCUT2D eigenvalue weighted by Crippen LogP contribution is -2.11. The molecule has 3 rings (SSSR count). The minimum Gasteiger partial charge on any atom is -0.466 e. The molecule has 8 heteroatoms. The van der Waals surface area contributed by atoms with Crippen molar-refractivity contribution in [3.63, 3.8) is 0 Å². The van der Waals surface area contributed by atoms with Crippen molar-refractivity contribution in [2.24, 2.45) is 0 Å². The average molecular weight is 267 g/mol. The molecule has 0 saturated carbocycles. The first-order valence-corrected chi connectivity index (χ1v) is 5.82. The van der Waals surface area contributed by atoms with E-state index in [0.717, 1.165) is 0 Å². The summed E-state index contributed by atoms with van der Waals surface area (Å²) in [5.74, 6) is 0.496. The fourth-order valence-corrected chi connectivity index (χ4v) is 1.29. The molecule has 2 fully saturated rings. The van der Waals surface area contributed by atoms with E-state index in [1.807, 2.05) is 0 Å². The molecule has 3 heterocycles. The molecule has 0 radical (unpaired) electrons. The Bertz CT molecular complexity index is 462. The van der Waals surface area contributed by atoms with E-state index >= 15 is 0 Å². The third-order valence-electron chi connectivity index (χ3n) is 2.41. The molecule has 0 aliphatic carbocycles. The van der Waals surface area contributed by atoms with Crippen LogP contribution in [0, 0.1) is 0 Å². The van der Waals surface area contributed by atoms with Crippen LogP contribution in [0.1, 0.15) is 11.9 Å². The minimum atomic E-state index is -0.106. The Labute approximate surface area is 109 Å². The number of nitrogens with zero attached hydrogens (tertiary/aromatic N) is 3. The highest BCUT2D eigenvalue weighted by Gasteiger charge is 2.30. The summed E-state index contributed by atoms with van der Waals surface area (Å²) in [5.41, 5.74) is 0. The number of hydrogen-bond donors (Lipinski definition) is 0. The van der Waals surface area contributed by atoms with Gasteiger partial charge in [-0.15, -0.1) is 4.98 Å². The van der Waals surface area contributed by atoms with Gasteiger partial charge in [0, 0.05) is 0 Å². The van der Waals surface area contributed by atoms with Gasteiger partial charge in [0.1, 0.15) is 18.8 Å². The maximum Gasteiger partial charge on any atom is 0.325 e. The Morgan fingerprint density at radius 1 is 1.16 bits per heavy atom. The topological polar surface area (TPSA) is 91.4 Å². The molecule has 2 unspecified atom stereocenters. The van der Waals surface area contributed by atoms with Crippen molar-refractivity contribution in [2.75, 3.05) is 26.6 Å². The van der Waals surface area contributed by atoms with Crippen LogP contribution in [-0.4, -0.2) is 47.7 Å². The van der Waals surface area contributed by atoms with E-state index in [9.17, 15) is 0 Å². The Morgan fingerprint density at radius 3 is 2.53 bits per heavy atom. The second-order valence-electron chi connectivity index (χ2n) is 3.94. The summed E-state index contributed by atoms with van der Waals surface area (Å²) in [5, 5.41) is 0. The number of ether oxygens (including phenoxy) is 5. The summed E-state index contributed by atoms with van der Waals surface area (Å²) in [4.78, 5) is 12.3. The summed E-state index contributed by atoms with van der Waals surface area (Å²) in [7, 11) is 0. The van der Waals surface area contributed by atoms with Gasteiger partial charge in [-0.3, -0.25) is 0 Å². The molecule has 0 bridgehead atoms. The molecule has 0 aromatic carbocycles. The van der Waals surface area contributed by atoms with E-state index in [2.05, 4.69) is 21.5 Å². The Hall–Kier alpha value is -1.93. The van der Waals surface area contributed by atoms with Gasteiger partial charge in [0.05, 0.1) is 19.5 Å². The van der Waals surface area contributed by atoms with Crippen molar-refractivity contribution < 1.29 is 23.7 Å². The van der Waals surface area contributed by atoms with Gasteiger partial charge in [-0.1, -0.05) is 6.58 Å². The van der Waals surface area contributed by atoms with Crippen LogP contribution in [0.2, 0.25) is 0 Å². The Morgan fingerprint density at radius 2 is 1.89 bits per heavy atom. The lowest BCUT2D eigenvalue weighted by atomic mass is 10.4. The highest BCUT2D eigenvalue weighted by molar-refractivity contribution is 5.09. The van der Waals surface area contributed by atoms with Gasteiger partial charge >= 0.3 is 12.0 Å². The smallest absolute Gasteiger partial charge is 0.325 e. The zero-order valence-electron chi connectivity index (χ0n) is 10.2.